The Labute approximate surface area is 103 Å². The van der Waals surface area contributed by atoms with Crippen molar-refractivity contribution in [2.24, 2.45) is 0 Å². The topological polar surface area (TPSA) is 23.8 Å². The van der Waals surface area contributed by atoms with Gasteiger partial charge in [0, 0.05) is 9.35 Å². The molecule has 1 heterocycles. The molecule has 0 atom stereocenters. The van der Waals surface area contributed by atoms with Gasteiger partial charge in [-0.05, 0) is 39.7 Å². The molecule has 16 heavy (non-hydrogen) atoms. The molecule has 2 rings (SSSR count). The molecule has 0 saturated carbocycles. The third-order valence-electron chi connectivity index (χ3n) is 1.99. The molecule has 0 fully saturated rings. The van der Waals surface area contributed by atoms with Crippen molar-refractivity contribution < 1.29 is 8.78 Å². The smallest absolute Gasteiger partial charge is 0.159 e. The molecule has 1 aromatic carbocycles. The molecule has 0 amide bonds. The minimum absolute atomic E-state index is 0.514. The fraction of sp³-hybridized carbons (Fsp3) is 0. The van der Waals surface area contributed by atoms with Crippen LogP contribution in [0.3, 0.4) is 0 Å². The third-order valence-corrected chi connectivity index (χ3v) is 3.97. The van der Waals surface area contributed by atoms with Crippen LogP contribution in [0.2, 0.25) is 0 Å². The second-order valence-corrected chi connectivity index (χ2v) is 4.93. The zero-order valence-corrected chi connectivity index (χ0v) is 10.2. The lowest BCUT2D eigenvalue weighted by molar-refractivity contribution is 0.509. The van der Waals surface area contributed by atoms with Gasteiger partial charge in [-0.2, -0.15) is 5.26 Å². The molecule has 1 aromatic heterocycles. The molecule has 0 radical (unpaired) electrons. The second kappa shape index (κ2) is 4.32. The molecular weight excluding hydrogens is 296 g/mol. The summed E-state index contributed by atoms with van der Waals surface area (Å²) >= 11 is 4.46. The molecule has 5 heteroatoms. The fourth-order valence-electron chi connectivity index (χ4n) is 1.24. The standard InChI is InChI=1S/C11H4BrF2NS/c12-7-4-10(16-11(7)5-15)6-1-2-8(13)9(14)3-6/h1-4H. The van der Waals surface area contributed by atoms with Crippen molar-refractivity contribution in [3.8, 4) is 16.5 Å². The summed E-state index contributed by atoms with van der Waals surface area (Å²) in [6, 6.07) is 7.41. The number of benzene rings is 1. The molecule has 0 bridgehead atoms. The minimum atomic E-state index is -0.888. The molecular formula is C11H4BrF2NS. The van der Waals surface area contributed by atoms with Crippen molar-refractivity contribution in [1.29, 1.82) is 5.26 Å². The highest BCUT2D eigenvalue weighted by Crippen LogP contribution is 2.34. The summed E-state index contributed by atoms with van der Waals surface area (Å²) in [6.45, 7) is 0. The number of rotatable bonds is 1. The predicted molar refractivity (Wildman–Crippen MR) is 62.1 cm³/mol. The van der Waals surface area contributed by atoms with Gasteiger partial charge in [0.05, 0.1) is 0 Å². The quantitative estimate of drug-likeness (QED) is 0.769. The van der Waals surface area contributed by atoms with E-state index >= 15 is 0 Å². The van der Waals surface area contributed by atoms with Crippen LogP contribution in [0.4, 0.5) is 8.78 Å². The Balaban J connectivity index is 2.51. The van der Waals surface area contributed by atoms with Crippen molar-refractivity contribution in [1.82, 2.24) is 0 Å². The Bertz CT molecular complexity index is 586. The Morgan fingerprint density at radius 1 is 1.19 bits per heavy atom. The highest BCUT2D eigenvalue weighted by molar-refractivity contribution is 9.10. The Hall–Kier alpha value is -1.25. The fourth-order valence-corrected chi connectivity index (χ4v) is 2.79. The summed E-state index contributed by atoms with van der Waals surface area (Å²) in [6.07, 6.45) is 0. The normalized spacial score (nSPS) is 10.1. The summed E-state index contributed by atoms with van der Waals surface area (Å²) < 4.78 is 26.4. The molecule has 0 saturated heterocycles. The molecule has 0 unspecified atom stereocenters. The van der Waals surface area contributed by atoms with E-state index in [1.807, 2.05) is 6.07 Å². The van der Waals surface area contributed by atoms with E-state index in [0.29, 0.717) is 14.9 Å². The Morgan fingerprint density at radius 3 is 2.50 bits per heavy atom. The maximum atomic E-state index is 13.0. The van der Waals surface area contributed by atoms with E-state index < -0.39 is 11.6 Å². The first-order chi connectivity index (χ1) is 7.61. The van der Waals surface area contributed by atoms with Crippen molar-refractivity contribution in [3.63, 3.8) is 0 Å². The van der Waals surface area contributed by atoms with E-state index in [9.17, 15) is 8.78 Å². The van der Waals surface area contributed by atoms with Crippen LogP contribution in [0, 0.1) is 23.0 Å². The van der Waals surface area contributed by atoms with E-state index in [2.05, 4.69) is 15.9 Å². The second-order valence-electron chi connectivity index (χ2n) is 3.03. The van der Waals surface area contributed by atoms with Gasteiger partial charge in [-0.15, -0.1) is 11.3 Å². The van der Waals surface area contributed by atoms with Crippen LogP contribution in [0.5, 0.6) is 0 Å². The average Bonchev–Trinajstić information content (AvgIpc) is 2.64. The summed E-state index contributed by atoms with van der Waals surface area (Å²) in [7, 11) is 0. The van der Waals surface area contributed by atoms with E-state index in [1.165, 1.54) is 17.4 Å². The van der Waals surface area contributed by atoms with Gasteiger partial charge in [-0.3, -0.25) is 0 Å². The molecule has 0 aliphatic rings. The van der Waals surface area contributed by atoms with Crippen molar-refractivity contribution in [2.75, 3.05) is 0 Å². The summed E-state index contributed by atoms with van der Waals surface area (Å²) in [5, 5.41) is 8.77. The number of nitrogens with zero attached hydrogens (tertiary/aromatic N) is 1. The number of thiophene rings is 1. The molecule has 0 aliphatic carbocycles. The van der Waals surface area contributed by atoms with Crippen LogP contribution in [0.15, 0.2) is 28.7 Å². The predicted octanol–water partition coefficient (Wildman–Crippen LogP) is 4.33. The van der Waals surface area contributed by atoms with Gasteiger partial charge in [0.25, 0.3) is 0 Å². The Kier molecular flexibility index (Phi) is 3.03. The summed E-state index contributed by atoms with van der Waals surface area (Å²) in [4.78, 5) is 1.24. The first-order valence-electron chi connectivity index (χ1n) is 4.26. The lowest BCUT2D eigenvalue weighted by atomic mass is 10.2. The van der Waals surface area contributed by atoms with Crippen molar-refractivity contribution in [2.45, 2.75) is 0 Å². The highest BCUT2D eigenvalue weighted by atomic mass is 79.9. The first kappa shape index (κ1) is 11.2. The molecule has 0 N–H and O–H groups in total. The van der Waals surface area contributed by atoms with E-state index in [0.717, 1.165) is 17.0 Å². The number of nitriles is 1. The lowest BCUT2D eigenvalue weighted by Gasteiger charge is -1.97. The summed E-state index contributed by atoms with van der Waals surface area (Å²) in [5.41, 5.74) is 0.561. The van der Waals surface area contributed by atoms with Crippen LogP contribution in [-0.2, 0) is 0 Å². The third kappa shape index (κ3) is 1.99. The van der Waals surface area contributed by atoms with Gasteiger partial charge >= 0.3 is 0 Å². The van der Waals surface area contributed by atoms with Gasteiger partial charge in [-0.1, -0.05) is 6.07 Å². The summed E-state index contributed by atoms with van der Waals surface area (Å²) in [5.74, 6) is -1.76. The number of halogens is 3. The number of hydrogen-bond acceptors (Lipinski definition) is 2. The van der Waals surface area contributed by atoms with Crippen LogP contribution in [0.25, 0.3) is 10.4 Å². The Morgan fingerprint density at radius 2 is 1.94 bits per heavy atom. The zero-order valence-electron chi connectivity index (χ0n) is 7.80. The highest BCUT2D eigenvalue weighted by Gasteiger charge is 2.10. The molecule has 1 nitrogen and oxygen atoms in total. The van der Waals surface area contributed by atoms with Crippen LogP contribution >= 0.6 is 27.3 Å². The molecule has 0 aliphatic heterocycles. The molecule has 0 spiro atoms. The van der Waals surface area contributed by atoms with Gasteiger partial charge in [0.15, 0.2) is 11.6 Å². The lowest BCUT2D eigenvalue weighted by Crippen LogP contribution is -1.83. The van der Waals surface area contributed by atoms with Gasteiger partial charge in [0.1, 0.15) is 10.9 Å². The largest absolute Gasteiger partial charge is 0.204 e. The SMILES string of the molecule is N#Cc1sc(-c2ccc(F)c(F)c2)cc1Br. The van der Waals surface area contributed by atoms with E-state index in [4.69, 9.17) is 5.26 Å². The minimum Gasteiger partial charge on any atom is -0.204 e. The van der Waals surface area contributed by atoms with Crippen molar-refractivity contribution >= 4 is 27.3 Å². The van der Waals surface area contributed by atoms with E-state index in [1.54, 1.807) is 6.07 Å². The van der Waals surface area contributed by atoms with Gasteiger partial charge in [0.2, 0.25) is 0 Å². The average molecular weight is 300 g/mol. The molecule has 80 valence electrons. The molecule has 2 aromatic rings. The number of hydrogen-bond donors (Lipinski definition) is 0. The van der Waals surface area contributed by atoms with Crippen LogP contribution < -0.4 is 0 Å². The van der Waals surface area contributed by atoms with Gasteiger partial charge < -0.3 is 0 Å². The first-order valence-corrected chi connectivity index (χ1v) is 5.87. The van der Waals surface area contributed by atoms with Crippen molar-refractivity contribution in [3.05, 3.63) is 45.2 Å². The zero-order chi connectivity index (χ0) is 11.7. The van der Waals surface area contributed by atoms with Gasteiger partial charge in [-0.25, -0.2) is 8.78 Å². The monoisotopic (exact) mass is 299 g/mol. The maximum Gasteiger partial charge on any atom is 0.159 e. The van der Waals surface area contributed by atoms with Crippen LogP contribution in [-0.4, -0.2) is 0 Å². The van der Waals surface area contributed by atoms with Crippen LogP contribution in [0.1, 0.15) is 4.88 Å². The van der Waals surface area contributed by atoms with E-state index in [-0.39, 0.29) is 0 Å². The maximum absolute atomic E-state index is 13.0.